The van der Waals surface area contributed by atoms with Gasteiger partial charge in [0.1, 0.15) is 0 Å². The highest BCUT2D eigenvalue weighted by molar-refractivity contribution is 5.74. The highest BCUT2D eigenvalue weighted by Gasteiger charge is 2.07. The quantitative estimate of drug-likeness (QED) is 0.534. The van der Waals surface area contributed by atoms with E-state index in [1.165, 1.54) is 27.8 Å². The maximum atomic E-state index is 2.30. The van der Waals surface area contributed by atoms with Crippen LogP contribution in [0.2, 0.25) is 0 Å². The summed E-state index contributed by atoms with van der Waals surface area (Å²) in [6, 6.07) is 28.2. The van der Waals surface area contributed by atoms with Crippen molar-refractivity contribution < 1.29 is 0 Å². The van der Waals surface area contributed by atoms with Gasteiger partial charge >= 0.3 is 0 Å². The van der Waals surface area contributed by atoms with E-state index in [4.69, 9.17) is 0 Å². The topological polar surface area (TPSA) is 0 Å². The molecule has 3 rings (SSSR count). The third kappa shape index (κ3) is 3.28. The number of benzene rings is 3. The van der Waals surface area contributed by atoms with Crippen molar-refractivity contribution >= 4 is 0 Å². The lowest BCUT2D eigenvalue weighted by molar-refractivity contribution is 0.648. The van der Waals surface area contributed by atoms with E-state index in [1.807, 2.05) is 0 Å². The zero-order chi connectivity index (χ0) is 15.4. The first kappa shape index (κ1) is 14.6. The minimum absolute atomic E-state index is 0.665. The van der Waals surface area contributed by atoms with E-state index < -0.39 is 0 Å². The fourth-order valence-electron chi connectivity index (χ4n) is 2.92. The third-order valence-electron chi connectivity index (χ3n) is 3.93. The van der Waals surface area contributed by atoms with Gasteiger partial charge in [0.2, 0.25) is 0 Å². The number of rotatable bonds is 4. The molecular weight excluding hydrogens is 264 g/mol. The minimum atomic E-state index is 0.665. The average Bonchev–Trinajstić information content (AvgIpc) is 2.56. The van der Waals surface area contributed by atoms with E-state index in [0.29, 0.717) is 5.92 Å². The van der Waals surface area contributed by atoms with Crippen LogP contribution in [0.3, 0.4) is 0 Å². The maximum absolute atomic E-state index is 2.30. The molecular formula is C22H22. The van der Waals surface area contributed by atoms with Gasteiger partial charge in [0, 0.05) is 0 Å². The molecule has 3 aromatic rings. The van der Waals surface area contributed by atoms with E-state index in [0.717, 1.165) is 6.42 Å². The van der Waals surface area contributed by atoms with Gasteiger partial charge in [-0.1, -0.05) is 86.6 Å². The van der Waals surface area contributed by atoms with Crippen molar-refractivity contribution in [3.8, 4) is 22.3 Å². The normalized spacial score (nSPS) is 10.9. The second-order valence-corrected chi connectivity index (χ2v) is 6.20. The summed E-state index contributed by atoms with van der Waals surface area (Å²) in [4.78, 5) is 0. The first-order valence-corrected chi connectivity index (χ1v) is 7.98. The van der Waals surface area contributed by atoms with Gasteiger partial charge in [-0.05, 0) is 46.2 Å². The Balaban J connectivity index is 2.03. The monoisotopic (exact) mass is 286 g/mol. The molecule has 0 aliphatic heterocycles. The molecule has 0 radical (unpaired) electrons. The molecule has 3 aromatic carbocycles. The largest absolute Gasteiger partial charge is 0.0625 e. The van der Waals surface area contributed by atoms with Gasteiger partial charge in [-0.25, -0.2) is 0 Å². The Kier molecular flexibility index (Phi) is 4.39. The molecule has 0 atom stereocenters. The molecule has 0 unspecified atom stereocenters. The second kappa shape index (κ2) is 6.62. The molecule has 0 aromatic heterocycles. The van der Waals surface area contributed by atoms with E-state index >= 15 is 0 Å². The standard InChI is InChI=1S/C22H22/c1-17(2)15-20-11-6-7-14-22(20)21-13-8-12-19(16-21)18-9-4-3-5-10-18/h3-14,16-17H,15H2,1-2H3. The van der Waals surface area contributed by atoms with Gasteiger partial charge in [-0.2, -0.15) is 0 Å². The minimum Gasteiger partial charge on any atom is -0.0625 e. The molecule has 0 fully saturated rings. The molecule has 0 heterocycles. The second-order valence-electron chi connectivity index (χ2n) is 6.20. The van der Waals surface area contributed by atoms with Crippen molar-refractivity contribution in [1.29, 1.82) is 0 Å². The first-order chi connectivity index (χ1) is 10.7. The summed E-state index contributed by atoms with van der Waals surface area (Å²) >= 11 is 0. The van der Waals surface area contributed by atoms with Crippen LogP contribution in [0.5, 0.6) is 0 Å². The zero-order valence-corrected chi connectivity index (χ0v) is 13.3. The van der Waals surface area contributed by atoms with Crippen LogP contribution in [0.15, 0.2) is 78.9 Å². The van der Waals surface area contributed by atoms with Crippen molar-refractivity contribution in [3.63, 3.8) is 0 Å². The van der Waals surface area contributed by atoms with Crippen molar-refractivity contribution in [1.82, 2.24) is 0 Å². The van der Waals surface area contributed by atoms with E-state index in [2.05, 4.69) is 92.7 Å². The molecule has 0 saturated heterocycles. The Hall–Kier alpha value is -2.34. The summed E-state index contributed by atoms with van der Waals surface area (Å²) < 4.78 is 0. The molecule has 110 valence electrons. The predicted octanol–water partition coefficient (Wildman–Crippen LogP) is 6.22. The molecule has 0 aliphatic carbocycles. The van der Waals surface area contributed by atoms with Crippen LogP contribution in [-0.2, 0) is 6.42 Å². The molecule has 0 aliphatic rings. The zero-order valence-electron chi connectivity index (χ0n) is 13.3. The lowest BCUT2D eigenvalue weighted by Crippen LogP contribution is -1.96. The van der Waals surface area contributed by atoms with E-state index in [1.54, 1.807) is 0 Å². The van der Waals surface area contributed by atoms with Crippen LogP contribution in [0.1, 0.15) is 19.4 Å². The highest BCUT2D eigenvalue weighted by atomic mass is 14.1. The summed E-state index contributed by atoms with van der Waals surface area (Å²) in [5.41, 5.74) is 6.64. The van der Waals surface area contributed by atoms with Gasteiger partial charge in [0.15, 0.2) is 0 Å². The Morgan fingerprint density at radius 1 is 0.636 bits per heavy atom. The van der Waals surface area contributed by atoms with Crippen molar-refractivity contribution in [2.45, 2.75) is 20.3 Å². The molecule has 0 nitrogen and oxygen atoms in total. The Bertz CT molecular complexity index is 739. The summed E-state index contributed by atoms with van der Waals surface area (Å²) in [7, 11) is 0. The third-order valence-corrected chi connectivity index (χ3v) is 3.93. The number of hydrogen-bond donors (Lipinski definition) is 0. The van der Waals surface area contributed by atoms with Crippen molar-refractivity contribution in [2.75, 3.05) is 0 Å². The van der Waals surface area contributed by atoms with Gasteiger partial charge in [0.05, 0.1) is 0 Å². The van der Waals surface area contributed by atoms with Crippen molar-refractivity contribution in [2.24, 2.45) is 5.92 Å². The van der Waals surface area contributed by atoms with Crippen LogP contribution in [-0.4, -0.2) is 0 Å². The lowest BCUT2D eigenvalue weighted by atomic mass is 9.92. The maximum Gasteiger partial charge on any atom is -0.0152 e. The fraction of sp³-hybridized carbons (Fsp3) is 0.182. The van der Waals surface area contributed by atoms with Crippen molar-refractivity contribution in [3.05, 3.63) is 84.4 Å². The van der Waals surface area contributed by atoms with Crippen LogP contribution >= 0.6 is 0 Å². The van der Waals surface area contributed by atoms with Gasteiger partial charge in [-0.3, -0.25) is 0 Å². The Morgan fingerprint density at radius 2 is 1.27 bits per heavy atom. The smallest absolute Gasteiger partial charge is 0.0152 e. The molecule has 0 heteroatoms. The summed E-state index contributed by atoms with van der Waals surface area (Å²) in [6.45, 7) is 4.55. The fourth-order valence-corrected chi connectivity index (χ4v) is 2.92. The molecule has 0 saturated carbocycles. The van der Waals surface area contributed by atoms with Gasteiger partial charge in [-0.15, -0.1) is 0 Å². The van der Waals surface area contributed by atoms with Crippen LogP contribution in [0.25, 0.3) is 22.3 Å². The number of hydrogen-bond acceptors (Lipinski definition) is 0. The molecule has 0 spiro atoms. The SMILES string of the molecule is CC(C)Cc1ccccc1-c1cccc(-c2ccccc2)c1. The Morgan fingerprint density at radius 3 is 2.05 bits per heavy atom. The molecule has 22 heavy (non-hydrogen) atoms. The van der Waals surface area contributed by atoms with Crippen LogP contribution in [0, 0.1) is 5.92 Å². The van der Waals surface area contributed by atoms with E-state index in [-0.39, 0.29) is 0 Å². The molecule has 0 N–H and O–H groups in total. The summed E-state index contributed by atoms with van der Waals surface area (Å²) in [6.07, 6.45) is 1.12. The van der Waals surface area contributed by atoms with Crippen LogP contribution in [0.4, 0.5) is 0 Å². The van der Waals surface area contributed by atoms with Gasteiger partial charge in [0.25, 0.3) is 0 Å². The summed E-state index contributed by atoms with van der Waals surface area (Å²) in [5, 5.41) is 0. The van der Waals surface area contributed by atoms with Gasteiger partial charge < -0.3 is 0 Å². The van der Waals surface area contributed by atoms with Crippen LogP contribution < -0.4 is 0 Å². The highest BCUT2D eigenvalue weighted by Crippen LogP contribution is 2.29. The molecule has 0 bridgehead atoms. The lowest BCUT2D eigenvalue weighted by Gasteiger charge is -2.13. The summed E-state index contributed by atoms with van der Waals surface area (Å²) in [5.74, 6) is 0.665. The predicted molar refractivity (Wildman–Crippen MR) is 95.9 cm³/mol. The average molecular weight is 286 g/mol. The van der Waals surface area contributed by atoms with E-state index in [9.17, 15) is 0 Å². The molecule has 0 amide bonds. The Labute approximate surface area is 133 Å². The first-order valence-electron chi connectivity index (χ1n) is 7.98.